The van der Waals surface area contributed by atoms with Gasteiger partial charge in [-0.05, 0) is 123 Å². The van der Waals surface area contributed by atoms with Crippen LogP contribution < -0.4 is 0 Å². The number of rotatable bonds is 2. The summed E-state index contributed by atoms with van der Waals surface area (Å²) in [4.78, 5) is 0. The van der Waals surface area contributed by atoms with Gasteiger partial charge >= 0.3 is 0 Å². The van der Waals surface area contributed by atoms with E-state index in [0.717, 1.165) is 6.42 Å². The highest BCUT2D eigenvalue weighted by Gasteiger charge is 2.35. The predicted octanol–water partition coefficient (Wildman–Crippen LogP) is 13.1. The van der Waals surface area contributed by atoms with Crippen LogP contribution >= 0.6 is 0 Å². The van der Waals surface area contributed by atoms with Crippen molar-refractivity contribution in [1.29, 1.82) is 0 Å². The minimum absolute atomic E-state index is 0.00576. The van der Waals surface area contributed by atoms with Crippen molar-refractivity contribution in [2.24, 2.45) is 0 Å². The third kappa shape index (κ3) is 3.84. The lowest BCUT2D eigenvalue weighted by atomic mass is 9.81. The van der Waals surface area contributed by atoms with Gasteiger partial charge in [-0.15, -0.1) is 0 Å². The summed E-state index contributed by atoms with van der Waals surface area (Å²) >= 11 is 0. The molecule has 0 bridgehead atoms. The molecule has 0 saturated carbocycles. The van der Waals surface area contributed by atoms with Crippen molar-refractivity contribution >= 4 is 32.3 Å². The molecule has 8 aromatic rings. The summed E-state index contributed by atoms with van der Waals surface area (Å²) < 4.78 is 0. The predicted molar refractivity (Wildman–Crippen MR) is 206 cm³/mol. The molecule has 0 amide bonds. The topological polar surface area (TPSA) is 0 Å². The second-order valence-corrected chi connectivity index (χ2v) is 15.8. The molecular formula is C48H38. The largest absolute Gasteiger partial charge is 0.0619 e. The van der Waals surface area contributed by atoms with Crippen molar-refractivity contribution in [3.8, 4) is 44.5 Å². The van der Waals surface area contributed by atoms with Gasteiger partial charge in [0.25, 0.3) is 0 Å². The zero-order chi connectivity index (χ0) is 32.5. The van der Waals surface area contributed by atoms with Crippen molar-refractivity contribution in [3.05, 3.63) is 155 Å². The number of benzene rings is 8. The molecular weight excluding hydrogens is 577 g/mol. The van der Waals surface area contributed by atoms with Crippen LogP contribution in [0.2, 0.25) is 0 Å². The molecule has 0 atom stereocenters. The maximum absolute atomic E-state index is 2.45. The van der Waals surface area contributed by atoms with E-state index in [9.17, 15) is 0 Å². The van der Waals surface area contributed by atoms with Crippen molar-refractivity contribution in [1.82, 2.24) is 0 Å². The van der Waals surface area contributed by atoms with E-state index in [1.165, 1.54) is 105 Å². The monoisotopic (exact) mass is 614 g/mol. The fourth-order valence-corrected chi connectivity index (χ4v) is 8.95. The number of hydrogen-bond donors (Lipinski definition) is 0. The molecule has 0 heteroatoms. The summed E-state index contributed by atoms with van der Waals surface area (Å²) in [6, 6.07) is 49.0. The summed E-state index contributed by atoms with van der Waals surface area (Å²) in [7, 11) is 0. The Labute approximate surface area is 283 Å². The maximum atomic E-state index is 2.45. The van der Waals surface area contributed by atoms with Crippen LogP contribution in [0.15, 0.2) is 127 Å². The third-order valence-electron chi connectivity index (χ3n) is 11.6. The van der Waals surface area contributed by atoms with Gasteiger partial charge in [-0.25, -0.2) is 0 Å². The molecule has 0 N–H and O–H groups in total. The second kappa shape index (κ2) is 9.45. The first-order chi connectivity index (χ1) is 23.1. The van der Waals surface area contributed by atoms with E-state index < -0.39 is 0 Å². The van der Waals surface area contributed by atoms with E-state index in [-0.39, 0.29) is 10.8 Å². The Morgan fingerprint density at radius 2 is 1.02 bits per heavy atom. The summed E-state index contributed by atoms with van der Waals surface area (Å²) in [5.74, 6) is 0. The van der Waals surface area contributed by atoms with Crippen LogP contribution in [0.1, 0.15) is 62.4 Å². The standard InChI is InChI=1S/C48H38/c1-47(2,3)36-25-32-11-10-28-12-17-37(42-21-16-33(26-36)45(32)46(28)42)31-15-19-39-35(23-31)24-34-22-29(13-18-38(34)39)30-14-20-41-40-8-6-7-9-43(40)48(4,5)44(41)27-30/h6-23,25-27H,24H2,1-5H3. The van der Waals surface area contributed by atoms with Gasteiger partial charge in [0, 0.05) is 5.41 Å². The van der Waals surface area contributed by atoms with Crippen LogP contribution in [-0.2, 0) is 17.3 Å². The molecule has 0 radical (unpaired) electrons. The SMILES string of the molecule is CC(C)(C)c1cc2ccc3ccc(-c4ccc5c(c4)Cc4cc(-c6ccc7c(c6)C(C)(C)c6ccccc6-7)ccc4-5)c4ccc(c1)c2c34. The smallest absolute Gasteiger partial charge is 0.0159 e. The molecule has 0 spiro atoms. The van der Waals surface area contributed by atoms with Crippen LogP contribution in [0.25, 0.3) is 76.8 Å². The van der Waals surface area contributed by atoms with Crippen molar-refractivity contribution < 1.29 is 0 Å². The van der Waals surface area contributed by atoms with Gasteiger partial charge in [-0.3, -0.25) is 0 Å². The first kappa shape index (κ1) is 27.9. The quantitative estimate of drug-likeness (QED) is 0.170. The average molecular weight is 615 g/mol. The lowest BCUT2D eigenvalue weighted by Crippen LogP contribution is -2.14. The molecule has 0 fully saturated rings. The third-order valence-corrected chi connectivity index (χ3v) is 11.6. The number of fused-ring (bicyclic) bond motifs is 6. The lowest BCUT2D eigenvalue weighted by Gasteiger charge is -2.22. The highest BCUT2D eigenvalue weighted by Crippen LogP contribution is 2.50. The molecule has 0 unspecified atom stereocenters. The Morgan fingerprint density at radius 1 is 0.458 bits per heavy atom. The van der Waals surface area contributed by atoms with E-state index in [1.54, 1.807) is 0 Å². The van der Waals surface area contributed by atoms with Crippen LogP contribution in [0.3, 0.4) is 0 Å². The fraction of sp³-hybridized carbons (Fsp3) is 0.167. The lowest BCUT2D eigenvalue weighted by molar-refractivity contribution is 0.591. The Morgan fingerprint density at radius 3 is 1.77 bits per heavy atom. The molecule has 0 aromatic heterocycles. The zero-order valence-corrected chi connectivity index (χ0v) is 28.3. The highest BCUT2D eigenvalue weighted by molar-refractivity contribution is 6.25. The normalized spacial score (nSPS) is 14.4. The molecule has 0 heterocycles. The van der Waals surface area contributed by atoms with E-state index in [0.29, 0.717) is 0 Å². The fourth-order valence-electron chi connectivity index (χ4n) is 8.95. The van der Waals surface area contributed by atoms with Gasteiger partial charge in [-0.1, -0.05) is 156 Å². The molecule has 0 saturated heterocycles. The van der Waals surface area contributed by atoms with E-state index in [4.69, 9.17) is 0 Å². The van der Waals surface area contributed by atoms with Gasteiger partial charge in [0.05, 0.1) is 0 Å². The molecule has 2 aliphatic carbocycles. The molecule has 8 aromatic carbocycles. The Kier molecular flexibility index (Phi) is 5.49. The second-order valence-electron chi connectivity index (χ2n) is 15.8. The van der Waals surface area contributed by atoms with Gasteiger partial charge in [-0.2, -0.15) is 0 Å². The molecule has 230 valence electrons. The van der Waals surface area contributed by atoms with E-state index in [1.807, 2.05) is 0 Å². The first-order valence-electron chi connectivity index (χ1n) is 17.4. The Hall–Kier alpha value is -5.20. The van der Waals surface area contributed by atoms with Crippen LogP contribution in [0.5, 0.6) is 0 Å². The summed E-state index contributed by atoms with van der Waals surface area (Å²) in [5, 5.41) is 8.11. The Balaban J connectivity index is 1.03. The van der Waals surface area contributed by atoms with Gasteiger partial charge in [0.15, 0.2) is 0 Å². The van der Waals surface area contributed by atoms with Gasteiger partial charge in [0.1, 0.15) is 0 Å². The van der Waals surface area contributed by atoms with Gasteiger partial charge in [0.2, 0.25) is 0 Å². The van der Waals surface area contributed by atoms with Crippen molar-refractivity contribution in [3.63, 3.8) is 0 Å². The van der Waals surface area contributed by atoms with Crippen LogP contribution in [0, 0.1) is 0 Å². The van der Waals surface area contributed by atoms with Crippen LogP contribution in [0.4, 0.5) is 0 Å². The maximum Gasteiger partial charge on any atom is 0.0159 e. The summed E-state index contributed by atoms with van der Waals surface area (Å²) in [5.41, 5.74) is 17.9. The Bertz CT molecular complexity index is 2620. The molecule has 0 aliphatic heterocycles. The van der Waals surface area contributed by atoms with Gasteiger partial charge < -0.3 is 0 Å². The molecule has 2 aliphatic rings. The number of hydrogen-bond acceptors (Lipinski definition) is 0. The minimum Gasteiger partial charge on any atom is -0.0619 e. The van der Waals surface area contributed by atoms with Crippen molar-refractivity contribution in [2.75, 3.05) is 0 Å². The van der Waals surface area contributed by atoms with Crippen LogP contribution in [-0.4, -0.2) is 0 Å². The van der Waals surface area contributed by atoms with E-state index in [2.05, 4.69) is 162 Å². The van der Waals surface area contributed by atoms with Crippen molar-refractivity contribution in [2.45, 2.75) is 51.9 Å². The average Bonchev–Trinajstić information content (AvgIpc) is 3.57. The summed E-state index contributed by atoms with van der Waals surface area (Å²) in [6.07, 6.45) is 0.968. The minimum atomic E-state index is 0.00576. The van der Waals surface area contributed by atoms with E-state index >= 15 is 0 Å². The highest BCUT2D eigenvalue weighted by atomic mass is 14.4. The molecule has 0 nitrogen and oxygen atoms in total. The molecule has 10 rings (SSSR count). The zero-order valence-electron chi connectivity index (χ0n) is 28.3. The first-order valence-corrected chi connectivity index (χ1v) is 17.4. The summed E-state index contributed by atoms with van der Waals surface area (Å²) in [6.45, 7) is 11.6. The molecule has 48 heavy (non-hydrogen) atoms.